The van der Waals surface area contributed by atoms with Crippen LogP contribution in [0, 0.1) is 5.41 Å². The second-order valence-corrected chi connectivity index (χ2v) is 5.62. The van der Waals surface area contributed by atoms with Crippen LogP contribution in [-0.2, 0) is 6.42 Å². The lowest BCUT2D eigenvalue weighted by atomic mass is 9.89. The summed E-state index contributed by atoms with van der Waals surface area (Å²) >= 11 is 0. The third kappa shape index (κ3) is 5.69. The van der Waals surface area contributed by atoms with Crippen molar-refractivity contribution in [3.8, 4) is 0 Å². The summed E-state index contributed by atoms with van der Waals surface area (Å²) in [6, 6.07) is 10.5. The molecule has 1 aromatic carbocycles. The second kappa shape index (κ2) is 6.61. The van der Waals surface area contributed by atoms with Gasteiger partial charge in [0.15, 0.2) is 0 Å². The Labute approximate surface area is 105 Å². The third-order valence-corrected chi connectivity index (χ3v) is 2.88. The van der Waals surface area contributed by atoms with E-state index in [1.54, 1.807) is 0 Å². The summed E-state index contributed by atoms with van der Waals surface area (Å²) in [4.78, 5) is 0. The predicted octanol–water partition coefficient (Wildman–Crippen LogP) is 3.97. The molecule has 0 aliphatic heterocycles. The Bertz CT molecular complexity index is 332. The van der Waals surface area contributed by atoms with E-state index in [0.29, 0.717) is 0 Å². The van der Waals surface area contributed by atoms with E-state index in [2.05, 4.69) is 30.3 Å². The molecule has 94 valence electrons. The lowest BCUT2D eigenvalue weighted by molar-refractivity contribution is 0.105. The predicted molar refractivity (Wildman–Crippen MR) is 74.0 cm³/mol. The Balaban J connectivity index is 2.23. The molecule has 0 aliphatic carbocycles. The zero-order valence-electron chi connectivity index (χ0n) is 11.2. The van der Waals surface area contributed by atoms with E-state index in [1.807, 2.05) is 32.9 Å². The molecule has 1 heteroatoms. The fraction of sp³-hybridized carbons (Fsp3) is 0.500. The number of aryl methyl sites for hydroxylation is 1. The molecule has 0 amide bonds. The summed E-state index contributed by atoms with van der Waals surface area (Å²) in [6.07, 6.45) is 6.94. The third-order valence-electron chi connectivity index (χ3n) is 2.88. The molecular weight excluding hydrogens is 208 g/mol. The van der Waals surface area contributed by atoms with Crippen molar-refractivity contribution in [3.63, 3.8) is 0 Å². The van der Waals surface area contributed by atoms with Gasteiger partial charge in [-0.1, -0.05) is 63.3 Å². The van der Waals surface area contributed by atoms with Crippen LogP contribution in [0.4, 0.5) is 0 Å². The summed E-state index contributed by atoms with van der Waals surface area (Å²) < 4.78 is 0. The number of hydrogen-bond donors (Lipinski definition) is 1. The second-order valence-electron chi connectivity index (χ2n) is 5.62. The molecule has 0 aliphatic rings. The number of benzene rings is 1. The summed E-state index contributed by atoms with van der Waals surface area (Å²) in [7, 11) is 0. The van der Waals surface area contributed by atoms with E-state index in [4.69, 9.17) is 0 Å². The zero-order chi connectivity index (χ0) is 12.7. The minimum atomic E-state index is -0.348. The Morgan fingerprint density at radius 3 is 2.41 bits per heavy atom. The van der Waals surface area contributed by atoms with Crippen LogP contribution in [0.3, 0.4) is 0 Å². The lowest BCUT2D eigenvalue weighted by Crippen LogP contribution is -2.23. The van der Waals surface area contributed by atoms with Crippen molar-refractivity contribution >= 4 is 0 Å². The number of rotatable bonds is 5. The van der Waals surface area contributed by atoms with E-state index in [1.165, 1.54) is 5.56 Å². The Morgan fingerprint density at radius 2 is 1.82 bits per heavy atom. The maximum Gasteiger partial charge on any atom is 0.0769 e. The van der Waals surface area contributed by atoms with E-state index in [0.717, 1.165) is 19.3 Å². The van der Waals surface area contributed by atoms with Crippen LogP contribution in [0.25, 0.3) is 0 Å². The topological polar surface area (TPSA) is 20.2 Å². The molecule has 1 rings (SSSR count). The number of aliphatic hydroxyl groups excluding tert-OH is 1. The molecule has 1 nitrogen and oxygen atoms in total. The van der Waals surface area contributed by atoms with Gasteiger partial charge in [-0.15, -0.1) is 0 Å². The maximum absolute atomic E-state index is 9.82. The molecule has 0 spiro atoms. The van der Waals surface area contributed by atoms with Gasteiger partial charge in [0, 0.05) is 0 Å². The SMILES string of the molecule is CC(C)(C)[C@@H](O)/C=C/CCCc1ccccc1. The molecule has 1 aromatic rings. The van der Waals surface area contributed by atoms with E-state index < -0.39 is 0 Å². The first-order chi connectivity index (χ1) is 8.00. The summed E-state index contributed by atoms with van der Waals surface area (Å²) in [5.41, 5.74) is 1.33. The highest BCUT2D eigenvalue weighted by Gasteiger charge is 2.18. The van der Waals surface area contributed by atoms with Gasteiger partial charge in [0.1, 0.15) is 0 Å². The van der Waals surface area contributed by atoms with Gasteiger partial charge in [0.2, 0.25) is 0 Å². The Morgan fingerprint density at radius 1 is 1.18 bits per heavy atom. The fourth-order valence-electron chi connectivity index (χ4n) is 1.58. The monoisotopic (exact) mass is 232 g/mol. The minimum absolute atomic E-state index is 0.0596. The molecule has 0 saturated heterocycles. The van der Waals surface area contributed by atoms with Crippen molar-refractivity contribution in [3.05, 3.63) is 48.0 Å². The normalized spacial score (nSPS) is 14.1. The van der Waals surface area contributed by atoms with Crippen molar-refractivity contribution < 1.29 is 5.11 Å². The summed E-state index contributed by atoms with van der Waals surface area (Å²) in [5, 5.41) is 9.82. The van der Waals surface area contributed by atoms with Crippen LogP contribution in [0.15, 0.2) is 42.5 Å². The molecule has 0 unspecified atom stereocenters. The Hall–Kier alpha value is -1.08. The number of aliphatic hydroxyl groups is 1. The van der Waals surface area contributed by atoms with Gasteiger partial charge >= 0.3 is 0 Å². The van der Waals surface area contributed by atoms with Gasteiger partial charge in [0.05, 0.1) is 6.10 Å². The van der Waals surface area contributed by atoms with E-state index >= 15 is 0 Å². The highest BCUT2D eigenvalue weighted by molar-refractivity contribution is 5.14. The number of hydrogen-bond acceptors (Lipinski definition) is 1. The van der Waals surface area contributed by atoms with Gasteiger partial charge in [0.25, 0.3) is 0 Å². The molecular formula is C16H24O. The average Bonchev–Trinajstić information content (AvgIpc) is 2.28. The minimum Gasteiger partial charge on any atom is -0.388 e. The van der Waals surface area contributed by atoms with Crippen molar-refractivity contribution in [2.24, 2.45) is 5.41 Å². The zero-order valence-corrected chi connectivity index (χ0v) is 11.2. The smallest absolute Gasteiger partial charge is 0.0769 e. The standard InChI is InChI=1S/C16H24O/c1-16(2,3)15(17)13-9-5-8-12-14-10-6-4-7-11-14/h4,6-7,9-11,13,15,17H,5,8,12H2,1-3H3/b13-9+/t15-/m0/s1. The molecule has 1 N–H and O–H groups in total. The van der Waals surface area contributed by atoms with Crippen LogP contribution in [0.2, 0.25) is 0 Å². The molecule has 0 bridgehead atoms. The van der Waals surface area contributed by atoms with Gasteiger partial charge in [-0.25, -0.2) is 0 Å². The van der Waals surface area contributed by atoms with Crippen LogP contribution < -0.4 is 0 Å². The van der Waals surface area contributed by atoms with Crippen molar-refractivity contribution in [1.82, 2.24) is 0 Å². The van der Waals surface area contributed by atoms with E-state index in [9.17, 15) is 5.11 Å². The van der Waals surface area contributed by atoms with Crippen LogP contribution in [-0.4, -0.2) is 11.2 Å². The van der Waals surface area contributed by atoms with Gasteiger partial charge < -0.3 is 5.11 Å². The number of allylic oxidation sites excluding steroid dienone is 1. The van der Waals surface area contributed by atoms with Gasteiger partial charge in [-0.05, 0) is 30.2 Å². The lowest BCUT2D eigenvalue weighted by Gasteiger charge is -2.22. The molecule has 0 aromatic heterocycles. The van der Waals surface area contributed by atoms with Gasteiger partial charge in [-0.3, -0.25) is 0 Å². The maximum atomic E-state index is 9.82. The highest BCUT2D eigenvalue weighted by atomic mass is 16.3. The van der Waals surface area contributed by atoms with Crippen molar-refractivity contribution in [2.75, 3.05) is 0 Å². The van der Waals surface area contributed by atoms with Gasteiger partial charge in [-0.2, -0.15) is 0 Å². The average molecular weight is 232 g/mol. The fourth-order valence-corrected chi connectivity index (χ4v) is 1.58. The highest BCUT2D eigenvalue weighted by Crippen LogP contribution is 2.20. The Kier molecular flexibility index (Phi) is 5.43. The first kappa shape index (κ1) is 14.0. The molecule has 1 atom stereocenters. The summed E-state index contributed by atoms with van der Waals surface area (Å²) in [5.74, 6) is 0. The molecule has 17 heavy (non-hydrogen) atoms. The molecule has 0 radical (unpaired) electrons. The molecule has 0 heterocycles. The van der Waals surface area contributed by atoms with E-state index in [-0.39, 0.29) is 11.5 Å². The summed E-state index contributed by atoms with van der Waals surface area (Å²) in [6.45, 7) is 6.14. The number of unbranched alkanes of at least 4 members (excludes halogenated alkanes) is 1. The first-order valence-electron chi connectivity index (χ1n) is 6.39. The van der Waals surface area contributed by atoms with Crippen LogP contribution >= 0.6 is 0 Å². The van der Waals surface area contributed by atoms with Crippen molar-refractivity contribution in [2.45, 2.75) is 46.1 Å². The molecule has 0 fully saturated rings. The van der Waals surface area contributed by atoms with Crippen molar-refractivity contribution in [1.29, 1.82) is 0 Å². The quantitative estimate of drug-likeness (QED) is 0.601. The van der Waals surface area contributed by atoms with Crippen LogP contribution in [0.5, 0.6) is 0 Å². The molecule has 0 saturated carbocycles. The largest absolute Gasteiger partial charge is 0.388 e. The van der Waals surface area contributed by atoms with Crippen LogP contribution in [0.1, 0.15) is 39.2 Å². The first-order valence-corrected chi connectivity index (χ1v) is 6.39.